The normalized spacial score (nSPS) is 42.5. The van der Waals surface area contributed by atoms with Crippen LogP contribution in [0.3, 0.4) is 0 Å². The number of ether oxygens (including phenoxy) is 2. The Labute approximate surface area is 168 Å². The second-order valence-electron chi connectivity index (χ2n) is 8.09. The molecule has 5 rings (SSSR count). The number of hydrogen-bond donors (Lipinski definition) is 0. The number of fused-ring (bicyclic) bond motifs is 3. The van der Waals surface area contributed by atoms with Crippen LogP contribution in [-0.2, 0) is 9.47 Å². The van der Waals surface area contributed by atoms with Gasteiger partial charge in [-0.05, 0) is 80.5 Å². The summed E-state index contributed by atoms with van der Waals surface area (Å²) < 4.78 is 13.8. The van der Waals surface area contributed by atoms with Gasteiger partial charge in [-0.1, -0.05) is 6.08 Å². The van der Waals surface area contributed by atoms with Gasteiger partial charge in [0.1, 0.15) is 10.2 Å². The Morgan fingerprint density at radius 1 is 0.960 bits per heavy atom. The molecule has 0 aromatic heterocycles. The van der Waals surface area contributed by atoms with Gasteiger partial charge in [-0.15, -0.1) is 47.0 Å². The summed E-state index contributed by atoms with van der Waals surface area (Å²) in [6.07, 6.45) is 11.5. The van der Waals surface area contributed by atoms with Crippen LogP contribution >= 0.6 is 47.0 Å². The summed E-state index contributed by atoms with van der Waals surface area (Å²) in [4.78, 5) is 0. The predicted molar refractivity (Wildman–Crippen MR) is 114 cm³/mol. The van der Waals surface area contributed by atoms with Crippen LogP contribution in [0.4, 0.5) is 0 Å². The topological polar surface area (TPSA) is 18.5 Å². The first-order chi connectivity index (χ1) is 12.1. The molecular formula is C19H28O2S4. The maximum atomic E-state index is 6.65. The van der Waals surface area contributed by atoms with Gasteiger partial charge in [-0.3, -0.25) is 0 Å². The highest BCUT2D eigenvalue weighted by atomic mass is 32.2. The van der Waals surface area contributed by atoms with E-state index in [1.165, 1.54) is 67.1 Å². The first-order valence-electron chi connectivity index (χ1n) is 9.71. The van der Waals surface area contributed by atoms with Crippen LogP contribution in [0.15, 0.2) is 11.6 Å². The van der Waals surface area contributed by atoms with Crippen molar-refractivity contribution in [2.45, 2.75) is 78.0 Å². The van der Waals surface area contributed by atoms with Crippen molar-refractivity contribution in [1.29, 1.82) is 0 Å². The second-order valence-corrected chi connectivity index (χ2v) is 14.4. The molecule has 4 heterocycles. The fourth-order valence-corrected chi connectivity index (χ4v) is 11.3. The number of hydrogen-bond acceptors (Lipinski definition) is 6. The fourth-order valence-electron chi connectivity index (χ4n) is 4.82. The van der Waals surface area contributed by atoms with Gasteiger partial charge in [-0.25, -0.2) is 0 Å². The van der Waals surface area contributed by atoms with Gasteiger partial charge >= 0.3 is 0 Å². The molecule has 4 saturated heterocycles. The minimum atomic E-state index is -0.0995. The van der Waals surface area contributed by atoms with Crippen molar-refractivity contribution in [2.75, 3.05) is 23.0 Å². The molecule has 0 radical (unpaired) electrons. The highest BCUT2D eigenvalue weighted by Gasteiger charge is 2.60. The molecule has 3 atom stereocenters. The van der Waals surface area contributed by atoms with E-state index in [9.17, 15) is 0 Å². The maximum absolute atomic E-state index is 6.65. The van der Waals surface area contributed by atoms with Crippen molar-refractivity contribution < 1.29 is 9.47 Å². The minimum Gasteiger partial charge on any atom is -0.341 e. The highest BCUT2D eigenvalue weighted by Crippen LogP contribution is 2.60. The Balaban J connectivity index is 1.33. The van der Waals surface area contributed by atoms with E-state index in [0.29, 0.717) is 4.08 Å². The molecule has 0 aromatic rings. The largest absolute Gasteiger partial charge is 0.341 e. The molecular weight excluding hydrogens is 388 g/mol. The van der Waals surface area contributed by atoms with E-state index >= 15 is 0 Å². The van der Waals surface area contributed by atoms with E-state index in [-0.39, 0.29) is 22.1 Å². The number of allylic oxidation sites excluding steroid dienone is 1. The fraction of sp³-hybridized carbons (Fsp3) is 0.895. The van der Waals surface area contributed by atoms with E-state index in [1.54, 1.807) is 0 Å². The summed E-state index contributed by atoms with van der Waals surface area (Å²) in [5.74, 6) is 5.21. The van der Waals surface area contributed by atoms with E-state index in [1.807, 2.05) is 0 Å². The van der Waals surface area contributed by atoms with Crippen molar-refractivity contribution in [3.8, 4) is 0 Å². The van der Waals surface area contributed by atoms with Crippen LogP contribution in [0.2, 0.25) is 0 Å². The molecule has 0 aromatic carbocycles. The molecule has 2 bridgehead atoms. The monoisotopic (exact) mass is 416 g/mol. The Kier molecular flexibility index (Phi) is 4.95. The Morgan fingerprint density at radius 3 is 2.36 bits per heavy atom. The third-order valence-corrected chi connectivity index (χ3v) is 13.3. The molecule has 4 fully saturated rings. The number of rotatable bonds is 1. The van der Waals surface area contributed by atoms with Crippen LogP contribution in [0.25, 0.3) is 0 Å². The summed E-state index contributed by atoms with van der Waals surface area (Å²) in [6, 6.07) is 0. The quantitative estimate of drug-likeness (QED) is 0.520. The second kappa shape index (κ2) is 6.84. The minimum absolute atomic E-state index is 0.0123. The predicted octanol–water partition coefficient (Wildman–Crippen LogP) is 5.52. The molecule has 6 heteroatoms. The standard InChI is InChI=1S/C19H28O2S4/c1-17-8-9-19(24-12-3-13-25-19)16(21-17)20-15(17)14-4-6-18(7-5-14)22-10-2-11-23-18/h4,15-16H,2-3,5-13H2,1H3/t15-,16-,17+/m0/s1. The maximum Gasteiger partial charge on any atom is 0.182 e. The van der Waals surface area contributed by atoms with Crippen molar-refractivity contribution in [3.05, 3.63) is 11.6 Å². The van der Waals surface area contributed by atoms with E-state index in [0.717, 1.165) is 6.42 Å². The van der Waals surface area contributed by atoms with Gasteiger partial charge in [-0.2, -0.15) is 0 Å². The lowest BCUT2D eigenvalue weighted by Gasteiger charge is -2.44. The first kappa shape index (κ1) is 18.1. The molecule has 0 saturated carbocycles. The molecule has 2 spiro atoms. The summed E-state index contributed by atoms with van der Waals surface area (Å²) in [5.41, 5.74) is 1.43. The molecule has 140 valence electrons. The third-order valence-electron chi connectivity index (χ3n) is 6.33. The summed E-state index contributed by atoms with van der Waals surface area (Å²) in [7, 11) is 0. The molecule has 4 aliphatic heterocycles. The van der Waals surface area contributed by atoms with Gasteiger partial charge in [0.15, 0.2) is 6.29 Å². The van der Waals surface area contributed by atoms with Gasteiger partial charge in [0.2, 0.25) is 0 Å². The summed E-state index contributed by atoms with van der Waals surface area (Å²) in [5, 5.41) is 0. The van der Waals surface area contributed by atoms with Crippen molar-refractivity contribution >= 4 is 47.0 Å². The van der Waals surface area contributed by atoms with Crippen molar-refractivity contribution in [1.82, 2.24) is 0 Å². The van der Waals surface area contributed by atoms with Gasteiger partial charge in [0.05, 0.1) is 9.68 Å². The smallest absolute Gasteiger partial charge is 0.182 e. The molecule has 0 unspecified atom stereocenters. The van der Waals surface area contributed by atoms with Gasteiger partial charge in [0.25, 0.3) is 0 Å². The Hall–Kier alpha value is 1.06. The van der Waals surface area contributed by atoms with Gasteiger partial charge < -0.3 is 9.47 Å². The van der Waals surface area contributed by atoms with E-state index in [2.05, 4.69) is 60.0 Å². The van der Waals surface area contributed by atoms with Crippen LogP contribution in [-0.4, -0.2) is 49.2 Å². The van der Waals surface area contributed by atoms with Crippen LogP contribution in [0.1, 0.15) is 51.9 Å². The lowest BCUT2D eigenvalue weighted by molar-refractivity contribution is -0.116. The molecule has 5 aliphatic rings. The lowest BCUT2D eigenvalue weighted by atomic mass is 9.83. The summed E-state index contributed by atoms with van der Waals surface area (Å²) in [6.45, 7) is 2.30. The molecule has 2 nitrogen and oxygen atoms in total. The Morgan fingerprint density at radius 2 is 1.68 bits per heavy atom. The highest BCUT2D eigenvalue weighted by molar-refractivity contribution is 8.19. The SMILES string of the molecule is C[C@@]12CCC3(SCCCS3)[C@@H](O[C@H]1C1=CCC3(CC1)SCCCS3)O2. The molecule has 25 heavy (non-hydrogen) atoms. The van der Waals surface area contributed by atoms with Crippen molar-refractivity contribution in [2.24, 2.45) is 0 Å². The van der Waals surface area contributed by atoms with Crippen LogP contribution < -0.4 is 0 Å². The van der Waals surface area contributed by atoms with Crippen molar-refractivity contribution in [3.63, 3.8) is 0 Å². The van der Waals surface area contributed by atoms with Gasteiger partial charge in [0, 0.05) is 0 Å². The lowest BCUT2D eigenvalue weighted by Crippen LogP contribution is -2.47. The molecule has 0 N–H and O–H groups in total. The first-order valence-corrected chi connectivity index (χ1v) is 13.7. The zero-order valence-corrected chi connectivity index (χ0v) is 18.2. The number of thioether (sulfide) groups is 4. The average molecular weight is 417 g/mol. The van der Waals surface area contributed by atoms with E-state index < -0.39 is 0 Å². The Bertz CT molecular complexity index is 554. The molecule has 1 aliphatic carbocycles. The zero-order chi connectivity index (χ0) is 17.0. The van der Waals surface area contributed by atoms with Crippen LogP contribution in [0.5, 0.6) is 0 Å². The van der Waals surface area contributed by atoms with E-state index in [4.69, 9.17) is 9.47 Å². The zero-order valence-electron chi connectivity index (χ0n) is 15.0. The summed E-state index contributed by atoms with van der Waals surface area (Å²) >= 11 is 8.61. The average Bonchev–Trinajstić information content (AvgIpc) is 2.96. The molecule has 0 amide bonds. The van der Waals surface area contributed by atoms with Crippen LogP contribution in [0, 0.1) is 0 Å². The third kappa shape index (κ3) is 3.15.